The number of para-hydroxylation sites is 1. The summed E-state index contributed by atoms with van der Waals surface area (Å²) in [5, 5.41) is 22.7. The number of hydrogen-bond acceptors (Lipinski definition) is 6. The van der Waals surface area contributed by atoms with Crippen LogP contribution in [0.4, 0.5) is 5.69 Å². The van der Waals surface area contributed by atoms with Crippen molar-refractivity contribution in [3.63, 3.8) is 0 Å². The maximum absolute atomic E-state index is 13.0. The minimum absolute atomic E-state index is 0.155. The summed E-state index contributed by atoms with van der Waals surface area (Å²) in [5.74, 6) is -2.02. The van der Waals surface area contributed by atoms with Gasteiger partial charge >= 0.3 is 0 Å². The van der Waals surface area contributed by atoms with E-state index in [9.17, 15) is 24.8 Å². The van der Waals surface area contributed by atoms with Gasteiger partial charge in [-0.15, -0.1) is 0 Å². The van der Waals surface area contributed by atoms with Crippen molar-refractivity contribution in [3.8, 4) is 0 Å². The molecule has 0 saturated carbocycles. The van der Waals surface area contributed by atoms with Gasteiger partial charge in [-0.05, 0) is 12.5 Å². The van der Waals surface area contributed by atoms with Crippen LogP contribution >= 0.6 is 0 Å². The summed E-state index contributed by atoms with van der Waals surface area (Å²) >= 11 is 0. The summed E-state index contributed by atoms with van der Waals surface area (Å²) in [4.78, 5) is 42.4. The molecule has 9 heteroatoms. The minimum Gasteiger partial charge on any atom is -0.507 e. The quantitative estimate of drug-likeness (QED) is 0.201. The fraction of sp³-hybridized carbons (Fsp3) is 0.174. The van der Waals surface area contributed by atoms with Crippen molar-refractivity contribution in [1.29, 1.82) is 0 Å². The highest BCUT2D eigenvalue weighted by Crippen LogP contribution is 2.42. The van der Waals surface area contributed by atoms with E-state index in [4.69, 9.17) is 0 Å². The number of carbonyl (C=O) groups is 2. The minimum atomic E-state index is -1.07. The second-order valence-corrected chi connectivity index (χ2v) is 7.33. The molecule has 3 aromatic rings. The Bertz CT molecular complexity index is 1190. The van der Waals surface area contributed by atoms with Gasteiger partial charge in [-0.3, -0.25) is 19.7 Å². The third kappa shape index (κ3) is 3.87. The number of aliphatic hydroxyl groups excluding tert-OH is 1. The van der Waals surface area contributed by atoms with E-state index in [-0.39, 0.29) is 29.1 Å². The fourth-order valence-corrected chi connectivity index (χ4v) is 3.91. The third-order valence-corrected chi connectivity index (χ3v) is 5.39. The lowest BCUT2D eigenvalue weighted by Gasteiger charge is -2.25. The molecule has 0 bridgehead atoms. The standard InChI is InChI=1S/C23H20N4O5/c28-21(16-7-2-1-3-8-16)19-20(17-9-4-5-10-18(17)27(31)32)26(23(30)22(19)29)13-6-12-25-14-11-24-15-25/h1-5,7-11,14-15,20,28H,6,12-13H2/b21-19-. The number of ketones is 1. The Labute approximate surface area is 183 Å². The van der Waals surface area contributed by atoms with E-state index in [1.165, 1.54) is 23.1 Å². The van der Waals surface area contributed by atoms with Crippen LogP contribution in [0.2, 0.25) is 0 Å². The number of amides is 1. The molecule has 1 saturated heterocycles. The number of aromatic nitrogens is 2. The Balaban J connectivity index is 1.79. The number of aliphatic hydroxyl groups is 1. The zero-order valence-electron chi connectivity index (χ0n) is 17.0. The van der Waals surface area contributed by atoms with Crippen LogP contribution in [-0.4, -0.2) is 42.7 Å². The largest absolute Gasteiger partial charge is 0.507 e. The molecule has 1 atom stereocenters. The molecule has 0 radical (unpaired) electrons. The number of imidazole rings is 1. The highest BCUT2D eigenvalue weighted by atomic mass is 16.6. The van der Waals surface area contributed by atoms with Gasteiger partial charge < -0.3 is 14.6 Å². The predicted molar refractivity (Wildman–Crippen MR) is 115 cm³/mol. The van der Waals surface area contributed by atoms with Crippen LogP contribution in [0.3, 0.4) is 0 Å². The Morgan fingerprint density at radius 1 is 1.06 bits per heavy atom. The lowest BCUT2D eigenvalue weighted by atomic mass is 9.94. The monoisotopic (exact) mass is 432 g/mol. The number of Topliss-reactive ketones (excluding diaryl/α,β-unsaturated/α-hetero) is 1. The van der Waals surface area contributed by atoms with Crippen molar-refractivity contribution < 1.29 is 19.6 Å². The molecule has 1 amide bonds. The van der Waals surface area contributed by atoms with Crippen LogP contribution in [0.15, 0.2) is 78.9 Å². The second-order valence-electron chi connectivity index (χ2n) is 7.33. The Kier molecular flexibility index (Phi) is 5.80. The van der Waals surface area contributed by atoms with Crippen molar-refractivity contribution >= 4 is 23.1 Å². The summed E-state index contributed by atoms with van der Waals surface area (Å²) < 4.78 is 1.83. The summed E-state index contributed by atoms with van der Waals surface area (Å²) in [5.41, 5.74) is 0.153. The highest BCUT2D eigenvalue weighted by Gasteiger charge is 2.47. The van der Waals surface area contributed by atoms with Crippen LogP contribution < -0.4 is 0 Å². The van der Waals surface area contributed by atoms with Crippen molar-refractivity contribution in [2.45, 2.75) is 19.0 Å². The summed E-state index contributed by atoms with van der Waals surface area (Å²) in [7, 11) is 0. The fourth-order valence-electron chi connectivity index (χ4n) is 3.91. The smallest absolute Gasteiger partial charge is 0.295 e. The first-order chi connectivity index (χ1) is 15.5. The highest BCUT2D eigenvalue weighted by molar-refractivity contribution is 6.46. The Hall–Kier alpha value is -4.27. The molecule has 0 aliphatic carbocycles. The van der Waals surface area contributed by atoms with Gasteiger partial charge in [0.2, 0.25) is 0 Å². The van der Waals surface area contributed by atoms with E-state index in [1.807, 2.05) is 4.57 Å². The molecule has 2 heterocycles. The third-order valence-electron chi connectivity index (χ3n) is 5.39. The summed E-state index contributed by atoms with van der Waals surface area (Å²) in [6, 6.07) is 13.2. The first-order valence-corrected chi connectivity index (χ1v) is 10.0. The molecule has 1 aromatic heterocycles. The van der Waals surface area contributed by atoms with Gasteiger partial charge in [0.1, 0.15) is 5.76 Å². The number of nitro groups is 1. The molecule has 1 unspecified atom stereocenters. The van der Waals surface area contributed by atoms with E-state index in [0.29, 0.717) is 18.5 Å². The molecule has 9 nitrogen and oxygen atoms in total. The van der Waals surface area contributed by atoms with E-state index in [2.05, 4.69) is 4.98 Å². The van der Waals surface area contributed by atoms with Crippen LogP contribution in [0, 0.1) is 10.1 Å². The molecule has 1 fully saturated rings. The molecular formula is C23H20N4O5. The van der Waals surface area contributed by atoms with Gasteiger partial charge in [-0.25, -0.2) is 4.98 Å². The van der Waals surface area contributed by atoms with E-state index >= 15 is 0 Å². The number of nitro benzene ring substituents is 1. The first-order valence-electron chi connectivity index (χ1n) is 10.0. The molecule has 1 aliphatic heterocycles. The molecule has 1 N–H and O–H groups in total. The number of nitrogens with zero attached hydrogens (tertiary/aromatic N) is 4. The van der Waals surface area contributed by atoms with Gasteiger partial charge in [0.05, 0.1) is 28.4 Å². The number of rotatable bonds is 7. The molecule has 2 aromatic carbocycles. The SMILES string of the molecule is O=C1C(=O)N(CCCn2ccnc2)C(c2ccccc2[N+](=O)[O-])/C1=C(/O)c1ccccc1. The predicted octanol–water partition coefficient (Wildman–Crippen LogP) is 3.30. The van der Waals surface area contributed by atoms with Gasteiger partial charge in [0.15, 0.2) is 0 Å². The number of carbonyl (C=O) groups excluding carboxylic acids is 2. The van der Waals surface area contributed by atoms with Crippen LogP contribution in [-0.2, 0) is 16.1 Å². The maximum atomic E-state index is 13.0. The normalized spacial score (nSPS) is 17.6. The average Bonchev–Trinajstić information content (AvgIpc) is 3.41. The average molecular weight is 432 g/mol. The Morgan fingerprint density at radius 2 is 1.78 bits per heavy atom. The van der Waals surface area contributed by atoms with Crippen molar-refractivity contribution in [2.75, 3.05) is 6.54 Å². The topological polar surface area (TPSA) is 119 Å². The molecule has 1 aliphatic rings. The number of aryl methyl sites for hydroxylation is 1. The molecular weight excluding hydrogens is 412 g/mol. The molecule has 0 spiro atoms. The Morgan fingerprint density at radius 3 is 2.47 bits per heavy atom. The van der Waals surface area contributed by atoms with Crippen LogP contribution in [0.1, 0.15) is 23.6 Å². The van der Waals surface area contributed by atoms with Crippen molar-refractivity contribution in [2.24, 2.45) is 0 Å². The maximum Gasteiger partial charge on any atom is 0.295 e. The zero-order valence-corrected chi connectivity index (χ0v) is 17.0. The summed E-state index contributed by atoms with van der Waals surface area (Å²) in [6.07, 6.45) is 5.55. The van der Waals surface area contributed by atoms with Crippen molar-refractivity contribution in [3.05, 3.63) is 100 Å². The van der Waals surface area contributed by atoms with Gasteiger partial charge in [0, 0.05) is 37.1 Å². The van der Waals surface area contributed by atoms with E-state index < -0.39 is 22.7 Å². The van der Waals surface area contributed by atoms with E-state index in [0.717, 1.165) is 0 Å². The second kappa shape index (κ2) is 8.84. The number of likely N-dealkylation sites (tertiary alicyclic amines) is 1. The van der Waals surface area contributed by atoms with Gasteiger partial charge in [0.25, 0.3) is 17.4 Å². The van der Waals surface area contributed by atoms with Gasteiger partial charge in [-0.2, -0.15) is 0 Å². The molecule has 162 valence electrons. The first kappa shape index (κ1) is 21.0. The number of hydrogen-bond donors (Lipinski definition) is 1. The zero-order chi connectivity index (χ0) is 22.7. The molecule has 4 rings (SSSR count). The van der Waals surface area contributed by atoms with Gasteiger partial charge in [-0.1, -0.05) is 42.5 Å². The van der Waals surface area contributed by atoms with E-state index in [1.54, 1.807) is 55.1 Å². The van der Waals surface area contributed by atoms with Crippen LogP contribution in [0.25, 0.3) is 5.76 Å². The summed E-state index contributed by atoms with van der Waals surface area (Å²) in [6.45, 7) is 0.719. The lowest BCUT2D eigenvalue weighted by molar-refractivity contribution is -0.385. The van der Waals surface area contributed by atoms with Crippen molar-refractivity contribution in [1.82, 2.24) is 14.5 Å². The molecule has 32 heavy (non-hydrogen) atoms. The van der Waals surface area contributed by atoms with Crippen LogP contribution in [0.5, 0.6) is 0 Å². The lowest BCUT2D eigenvalue weighted by Crippen LogP contribution is -2.31. The number of benzene rings is 2.